The third-order valence-corrected chi connectivity index (χ3v) is 5.98. The SMILES string of the molecule is [2H]C([2H])([2H])Oc1cc(N)c(S(=O)(=O)CC)cc1C(=O)NCC1CCCN1C([2H])([2H])C([2H])([2H])[2H]. The molecule has 25 heavy (non-hydrogen) atoms. The molecule has 0 spiro atoms. The van der Waals surface area contributed by atoms with Crippen LogP contribution in [-0.4, -0.2) is 57.6 Å². The van der Waals surface area contributed by atoms with Crippen molar-refractivity contribution in [2.45, 2.75) is 37.6 Å². The highest BCUT2D eigenvalue weighted by Crippen LogP contribution is 2.29. The standard InChI is InChI=1S/C17H27N3O4S/c1-4-20-8-6-7-12(20)11-19-17(21)13-9-16(25(22,23)5-2)14(18)10-15(13)24-3/h9-10,12H,4-8,11,18H2,1-3H3,(H,19,21)/i1D3,3D3,4D2. The lowest BCUT2D eigenvalue weighted by Crippen LogP contribution is -2.40. The number of likely N-dealkylation sites (N-methyl/N-ethyl adjacent to an activating group) is 1. The molecule has 1 amide bonds. The Labute approximate surface area is 160 Å². The number of nitrogens with zero attached hydrogens (tertiary/aromatic N) is 1. The van der Waals surface area contributed by atoms with E-state index in [1.165, 1.54) is 6.92 Å². The first-order valence-electron chi connectivity index (χ1n) is 11.8. The van der Waals surface area contributed by atoms with Crippen LogP contribution in [0.4, 0.5) is 5.69 Å². The summed E-state index contributed by atoms with van der Waals surface area (Å²) in [6.45, 7) is -4.10. The Bertz CT molecular complexity index is 995. The van der Waals surface area contributed by atoms with Crippen molar-refractivity contribution in [3.8, 4) is 5.75 Å². The topological polar surface area (TPSA) is 102 Å². The van der Waals surface area contributed by atoms with E-state index in [-0.39, 0.29) is 35.0 Å². The first-order chi connectivity index (χ1) is 14.9. The van der Waals surface area contributed by atoms with Gasteiger partial charge in [-0.2, -0.15) is 0 Å². The second-order valence-corrected chi connectivity index (χ2v) is 7.95. The molecule has 0 saturated carbocycles. The molecule has 7 nitrogen and oxygen atoms in total. The number of nitrogen functional groups attached to an aromatic ring is 1. The third-order valence-electron chi connectivity index (χ3n) is 4.20. The molecular weight excluding hydrogens is 342 g/mol. The molecule has 0 radical (unpaired) electrons. The molecule has 1 aliphatic rings. The molecule has 1 aliphatic heterocycles. The summed E-state index contributed by atoms with van der Waals surface area (Å²) in [4.78, 5) is 13.7. The maximum atomic E-state index is 12.9. The number of carbonyl (C=O) groups excluding carboxylic acids is 1. The average molecular weight is 378 g/mol. The van der Waals surface area contributed by atoms with Crippen molar-refractivity contribution in [2.75, 3.05) is 38.1 Å². The highest BCUT2D eigenvalue weighted by atomic mass is 32.2. The first kappa shape index (κ1) is 11.0. The van der Waals surface area contributed by atoms with Crippen LogP contribution < -0.4 is 15.8 Å². The van der Waals surface area contributed by atoms with Gasteiger partial charge >= 0.3 is 0 Å². The van der Waals surface area contributed by atoms with Crippen LogP contribution in [0.1, 0.15) is 47.9 Å². The first-order valence-corrected chi connectivity index (χ1v) is 9.46. The van der Waals surface area contributed by atoms with Gasteiger partial charge in [-0.3, -0.25) is 9.69 Å². The molecular formula is C17H27N3O4S. The van der Waals surface area contributed by atoms with Crippen molar-refractivity contribution in [1.82, 2.24) is 10.2 Å². The van der Waals surface area contributed by atoms with Gasteiger partial charge in [0.05, 0.1) is 33.0 Å². The van der Waals surface area contributed by atoms with E-state index in [1.54, 1.807) is 0 Å². The lowest BCUT2D eigenvalue weighted by atomic mass is 10.1. The summed E-state index contributed by atoms with van der Waals surface area (Å²) < 4.78 is 89.8. The molecule has 1 unspecified atom stereocenters. The van der Waals surface area contributed by atoms with Crippen LogP contribution in [-0.2, 0) is 9.84 Å². The van der Waals surface area contributed by atoms with Crippen LogP contribution in [0.5, 0.6) is 5.75 Å². The zero-order valence-electron chi connectivity index (χ0n) is 21.8. The number of ether oxygens (including phenoxy) is 1. The number of nitrogens with one attached hydrogen (secondary N) is 1. The summed E-state index contributed by atoms with van der Waals surface area (Å²) in [6, 6.07) is 1.27. The van der Waals surface area contributed by atoms with Crippen molar-refractivity contribution in [3.05, 3.63) is 17.7 Å². The molecule has 1 fully saturated rings. The molecule has 3 N–H and O–H groups in total. The molecule has 1 atom stereocenters. The van der Waals surface area contributed by atoms with Gasteiger partial charge < -0.3 is 15.8 Å². The predicted molar refractivity (Wildman–Crippen MR) is 97.7 cm³/mol. The number of nitrogens with two attached hydrogens (primary N) is 1. The number of rotatable bonds is 7. The fraction of sp³-hybridized carbons (Fsp3) is 0.588. The Kier molecular flexibility index (Phi) is 3.55. The molecule has 2 rings (SSSR count). The van der Waals surface area contributed by atoms with Crippen molar-refractivity contribution >= 4 is 21.4 Å². The van der Waals surface area contributed by atoms with Crippen molar-refractivity contribution in [1.29, 1.82) is 0 Å². The third kappa shape index (κ3) is 4.24. The number of benzene rings is 1. The number of anilines is 1. The normalized spacial score (nSPS) is 24.6. The van der Waals surface area contributed by atoms with Gasteiger partial charge in [0.25, 0.3) is 5.91 Å². The van der Waals surface area contributed by atoms with Gasteiger partial charge in [-0.15, -0.1) is 0 Å². The van der Waals surface area contributed by atoms with Gasteiger partial charge in [0.2, 0.25) is 0 Å². The van der Waals surface area contributed by atoms with Crippen molar-refractivity contribution in [2.24, 2.45) is 0 Å². The maximum Gasteiger partial charge on any atom is 0.255 e. The number of hydrogen-bond donors (Lipinski definition) is 2. The van der Waals surface area contributed by atoms with Gasteiger partial charge in [-0.25, -0.2) is 8.42 Å². The van der Waals surface area contributed by atoms with E-state index in [0.29, 0.717) is 12.8 Å². The highest BCUT2D eigenvalue weighted by molar-refractivity contribution is 7.91. The van der Waals surface area contributed by atoms with Crippen LogP contribution in [0.2, 0.25) is 0 Å². The van der Waals surface area contributed by atoms with Crippen LogP contribution in [0.25, 0.3) is 0 Å². The smallest absolute Gasteiger partial charge is 0.255 e. The number of likely N-dealkylation sites (tertiary alicyclic amines) is 1. The summed E-state index contributed by atoms with van der Waals surface area (Å²) in [5.74, 6) is -1.62. The van der Waals surface area contributed by atoms with E-state index in [4.69, 9.17) is 21.4 Å². The lowest BCUT2D eigenvalue weighted by Gasteiger charge is -2.23. The van der Waals surface area contributed by atoms with E-state index in [9.17, 15) is 13.2 Å². The minimum absolute atomic E-state index is 0.151. The fourth-order valence-electron chi connectivity index (χ4n) is 2.76. The Hall–Kier alpha value is -1.80. The van der Waals surface area contributed by atoms with Gasteiger partial charge in [0.15, 0.2) is 9.84 Å². The van der Waals surface area contributed by atoms with Crippen LogP contribution in [0.3, 0.4) is 0 Å². The molecule has 1 saturated heterocycles. The Balaban J connectivity index is 2.35. The van der Waals surface area contributed by atoms with Crippen LogP contribution >= 0.6 is 0 Å². The molecule has 0 aromatic heterocycles. The van der Waals surface area contributed by atoms with E-state index in [1.807, 2.05) is 0 Å². The second-order valence-electron chi connectivity index (χ2n) is 5.70. The van der Waals surface area contributed by atoms with E-state index in [2.05, 4.69) is 5.32 Å². The Morgan fingerprint density at radius 1 is 1.56 bits per heavy atom. The van der Waals surface area contributed by atoms with E-state index >= 15 is 0 Å². The minimum atomic E-state index is -3.84. The summed E-state index contributed by atoms with van der Waals surface area (Å²) in [6.07, 6.45) is 0.940. The monoisotopic (exact) mass is 377 g/mol. The summed E-state index contributed by atoms with van der Waals surface area (Å²) in [5.41, 5.74) is 5.12. The molecule has 1 aromatic rings. The quantitative estimate of drug-likeness (QED) is 0.694. The van der Waals surface area contributed by atoms with Gasteiger partial charge in [0.1, 0.15) is 5.75 Å². The van der Waals surface area contributed by atoms with Gasteiger partial charge in [0, 0.05) is 25.5 Å². The summed E-state index contributed by atoms with van der Waals surface area (Å²) >= 11 is 0. The zero-order valence-corrected chi connectivity index (χ0v) is 14.6. The Morgan fingerprint density at radius 3 is 3.04 bits per heavy atom. The van der Waals surface area contributed by atoms with Crippen LogP contribution in [0, 0.1) is 0 Å². The molecule has 0 bridgehead atoms. The van der Waals surface area contributed by atoms with Crippen LogP contribution in [0.15, 0.2) is 17.0 Å². The second kappa shape index (κ2) is 8.05. The van der Waals surface area contributed by atoms with E-state index < -0.39 is 47.9 Å². The largest absolute Gasteiger partial charge is 0.496 e. The molecule has 8 heteroatoms. The van der Waals surface area contributed by atoms with E-state index in [0.717, 1.165) is 17.0 Å². The number of hydrogen-bond acceptors (Lipinski definition) is 6. The molecule has 140 valence electrons. The van der Waals surface area contributed by atoms with Crippen molar-refractivity contribution in [3.63, 3.8) is 0 Å². The summed E-state index contributed by atoms with van der Waals surface area (Å²) in [7, 11) is -6.78. The number of amides is 1. The number of sulfone groups is 1. The number of carbonyl (C=O) groups is 1. The minimum Gasteiger partial charge on any atom is -0.496 e. The fourth-order valence-corrected chi connectivity index (χ4v) is 3.79. The highest BCUT2D eigenvalue weighted by Gasteiger charge is 2.25. The predicted octanol–water partition coefficient (Wildman–Crippen LogP) is 1.29. The van der Waals surface area contributed by atoms with Gasteiger partial charge in [-0.1, -0.05) is 13.8 Å². The molecule has 1 heterocycles. The molecule has 0 aliphatic carbocycles. The van der Waals surface area contributed by atoms with Gasteiger partial charge in [-0.05, 0) is 31.9 Å². The van der Waals surface area contributed by atoms with Crippen molar-refractivity contribution < 1.29 is 28.9 Å². The number of methoxy groups -OCH3 is 1. The molecule has 1 aromatic carbocycles. The zero-order chi connectivity index (χ0) is 25.4. The Morgan fingerprint density at radius 2 is 2.36 bits per heavy atom. The summed E-state index contributed by atoms with van der Waals surface area (Å²) in [5, 5.41) is 2.51. The maximum absolute atomic E-state index is 12.9. The average Bonchev–Trinajstić information content (AvgIpc) is 3.13. The lowest BCUT2D eigenvalue weighted by molar-refractivity contribution is 0.0938.